The molecule has 0 bridgehead atoms. The van der Waals surface area contributed by atoms with Gasteiger partial charge in [-0.2, -0.15) is 5.26 Å². The van der Waals surface area contributed by atoms with Crippen molar-refractivity contribution in [1.82, 2.24) is 0 Å². The summed E-state index contributed by atoms with van der Waals surface area (Å²) in [6.45, 7) is 2.22. The molecule has 0 heterocycles. The summed E-state index contributed by atoms with van der Waals surface area (Å²) < 4.78 is 0. The Hall–Kier alpha value is -2.86. The number of nitrogens with zero attached hydrogens (tertiary/aromatic N) is 1. The van der Waals surface area contributed by atoms with Gasteiger partial charge in [-0.3, -0.25) is 0 Å². The molecule has 2 aromatic carbocycles. The van der Waals surface area contributed by atoms with Crippen molar-refractivity contribution >= 4 is 12.0 Å². The number of carboxylic acids is 1. The van der Waals surface area contributed by atoms with Crippen molar-refractivity contribution in [2.24, 2.45) is 0 Å². The van der Waals surface area contributed by atoms with Crippen molar-refractivity contribution < 1.29 is 9.90 Å². The first-order valence-electron chi connectivity index (χ1n) is 9.69. The van der Waals surface area contributed by atoms with Crippen LogP contribution in [0.15, 0.2) is 48.5 Å². The van der Waals surface area contributed by atoms with Crippen LogP contribution >= 0.6 is 0 Å². The first-order valence-corrected chi connectivity index (χ1v) is 9.69. The highest BCUT2D eigenvalue weighted by Gasteiger charge is 2.12. The molecule has 0 saturated carbocycles. The summed E-state index contributed by atoms with van der Waals surface area (Å²) in [4.78, 5) is 10.9. The van der Waals surface area contributed by atoms with Crippen LogP contribution in [0.3, 0.4) is 0 Å². The molecule has 0 spiro atoms. The van der Waals surface area contributed by atoms with Crippen LogP contribution in [0.5, 0.6) is 0 Å². The number of aryl methyl sites for hydroxylation is 1. The second-order valence-corrected chi connectivity index (χ2v) is 6.73. The number of nitriles is 1. The first-order chi connectivity index (χ1) is 13.2. The van der Waals surface area contributed by atoms with Gasteiger partial charge in [-0.1, -0.05) is 81.5 Å². The number of benzene rings is 2. The average Bonchev–Trinajstić information content (AvgIpc) is 2.69. The monoisotopic (exact) mass is 361 g/mol. The van der Waals surface area contributed by atoms with E-state index in [-0.39, 0.29) is 0 Å². The van der Waals surface area contributed by atoms with Crippen molar-refractivity contribution in [1.29, 1.82) is 5.26 Å². The van der Waals surface area contributed by atoms with Crippen molar-refractivity contribution in [3.8, 4) is 17.2 Å². The van der Waals surface area contributed by atoms with Gasteiger partial charge in [-0.15, -0.1) is 0 Å². The second kappa shape index (κ2) is 11.0. The minimum Gasteiger partial charge on any atom is -0.478 e. The smallest absolute Gasteiger partial charge is 0.328 e. The highest BCUT2D eigenvalue weighted by atomic mass is 16.4. The number of unbranched alkanes of at least 4 members (excludes halogenated alkanes) is 5. The highest BCUT2D eigenvalue weighted by Crippen LogP contribution is 2.30. The van der Waals surface area contributed by atoms with Crippen LogP contribution in [0.1, 0.15) is 62.1 Å². The van der Waals surface area contributed by atoms with E-state index in [4.69, 9.17) is 5.11 Å². The minimum absolute atomic E-state index is 0.697. The van der Waals surface area contributed by atoms with Crippen LogP contribution in [0, 0.1) is 11.3 Å². The molecular weight excluding hydrogens is 334 g/mol. The topological polar surface area (TPSA) is 61.1 Å². The SMILES string of the molecule is CCCCCCCCc1cccc(-c2ccccc2C=CC(=O)O)c1C#N. The lowest BCUT2D eigenvalue weighted by molar-refractivity contribution is -0.131. The average molecular weight is 361 g/mol. The standard InChI is InChI=1S/C24H27NO2/c1-2-3-4-5-6-7-11-19-13-10-15-22(23(19)18-25)21-14-9-8-12-20(21)16-17-24(26)27/h8-10,12-17H,2-7,11H2,1H3,(H,26,27). The van der Waals surface area contributed by atoms with E-state index in [1.54, 1.807) is 6.08 Å². The molecule has 2 aromatic rings. The number of carbonyl (C=O) groups is 1. The Morgan fingerprint density at radius 1 is 1.00 bits per heavy atom. The van der Waals surface area contributed by atoms with Crippen LogP contribution in [0.25, 0.3) is 17.2 Å². The Labute approximate surface area is 162 Å². The third-order valence-corrected chi connectivity index (χ3v) is 4.72. The molecule has 3 heteroatoms. The quantitative estimate of drug-likeness (QED) is 0.403. The maximum atomic E-state index is 10.9. The lowest BCUT2D eigenvalue weighted by atomic mass is 9.91. The normalized spacial score (nSPS) is 10.8. The zero-order valence-electron chi connectivity index (χ0n) is 15.9. The molecule has 140 valence electrons. The van der Waals surface area contributed by atoms with Crippen LogP contribution in [-0.2, 0) is 11.2 Å². The molecule has 0 aromatic heterocycles. The molecule has 0 radical (unpaired) electrons. The minimum atomic E-state index is -0.984. The molecule has 0 fully saturated rings. The van der Waals surface area contributed by atoms with E-state index in [0.717, 1.165) is 41.2 Å². The predicted molar refractivity (Wildman–Crippen MR) is 110 cm³/mol. The number of hydrogen-bond acceptors (Lipinski definition) is 2. The van der Waals surface area contributed by atoms with E-state index >= 15 is 0 Å². The van der Waals surface area contributed by atoms with E-state index in [1.807, 2.05) is 42.5 Å². The van der Waals surface area contributed by atoms with Gasteiger partial charge in [0.1, 0.15) is 6.07 Å². The largest absolute Gasteiger partial charge is 0.478 e. The van der Waals surface area contributed by atoms with Gasteiger partial charge in [-0.05, 0) is 35.6 Å². The van der Waals surface area contributed by atoms with Crippen molar-refractivity contribution in [3.63, 3.8) is 0 Å². The fraction of sp³-hybridized carbons (Fsp3) is 0.333. The molecule has 3 nitrogen and oxygen atoms in total. The zero-order chi connectivity index (χ0) is 19.5. The third-order valence-electron chi connectivity index (χ3n) is 4.72. The fourth-order valence-corrected chi connectivity index (χ4v) is 3.31. The van der Waals surface area contributed by atoms with Crippen molar-refractivity contribution in [3.05, 3.63) is 65.2 Å². The van der Waals surface area contributed by atoms with Gasteiger partial charge < -0.3 is 5.11 Å². The van der Waals surface area contributed by atoms with E-state index in [2.05, 4.69) is 13.0 Å². The summed E-state index contributed by atoms with van der Waals surface area (Å²) >= 11 is 0. The number of carboxylic acid groups (broad SMARTS) is 1. The highest BCUT2D eigenvalue weighted by molar-refractivity contribution is 5.88. The molecule has 0 aliphatic carbocycles. The van der Waals surface area contributed by atoms with Crippen LogP contribution in [0.2, 0.25) is 0 Å². The van der Waals surface area contributed by atoms with Crippen molar-refractivity contribution in [2.45, 2.75) is 51.9 Å². The van der Waals surface area contributed by atoms with Crippen LogP contribution in [0.4, 0.5) is 0 Å². The molecule has 0 amide bonds. The Morgan fingerprint density at radius 2 is 1.70 bits per heavy atom. The van der Waals surface area contributed by atoms with Gasteiger partial charge in [0, 0.05) is 11.6 Å². The number of rotatable bonds is 10. The molecule has 0 saturated heterocycles. The van der Waals surface area contributed by atoms with Gasteiger partial charge in [0.15, 0.2) is 0 Å². The summed E-state index contributed by atoms with van der Waals surface area (Å²) in [7, 11) is 0. The van der Waals surface area contributed by atoms with Crippen LogP contribution < -0.4 is 0 Å². The fourth-order valence-electron chi connectivity index (χ4n) is 3.31. The molecule has 2 rings (SSSR count). The summed E-state index contributed by atoms with van der Waals surface area (Å²) in [6.07, 6.45) is 11.0. The summed E-state index contributed by atoms with van der Waals surface area (Å²) in [6, 6.07) is 15.9. The van der Waals surface area contributed by atoms with Gasteiger partial charge in [-0.25, -0.2) is 4.79 Å². The lowest BCUT2D eigenvalue weighted by Gasteiger charge is -2.12. The van der Waals surface area contributed by atoms with E-state index in [1.165, 1.54) is 32.1 Å². The maximum absolute atomic E-state index is 10.9. The number of hydrogen-bond donors (Lipinski definition) is 1. The van der Waals surface area contributed by atoms with E-state index in [9.17, 15) is 10.1 Å². The molecule has 1 N–H and O–H groups in total. The van der Waals surface area contributed by atoms with Gasteiger partial charge >= 0.3 is 5.97 Å². The Morgan fingerprint density at radius 3 is 2.44 bits per heavy atom. The van der Waals surface area contributed by atoms with Crippen molar-refractivity contribution in [2.75, 3.05) is 0 Å². The summed E-state index contributed by atoms with van der Waals surface area (Å²) in [5.41, 5.74) is 4.32. The Kier molecular flexibility index (Phi) is 8.32. The Bertz CT molecular complexity index is 831. The van der Waals surface area contributed by atoms with Gasteiger partial charge in [0.25, 0.3) is 0 Å². The van der Waals surface area contributed by atoms with Gasteiger partial charge in [0.05, 0.1) is 5.56 Å². The maximum Gasteiger partial charge on any atom is 0.328 e. The predicted octanol–water partition coefficient (Wildman–Crippen LogP) is 6.23. The molecular formula is C24H27NO2. The van der Waals surface area contributed by atoms with Crippen LogP contribution in [-0.4, -0.2) is 11.1 Å². The molecule has 0 aliphatic rings. The summed E-state index contributed by atoms with van der Waals surface area (Å²) in [5.74, 6) is -0.984. The molecule has 0 unspecified atom stereocenters. The van der Waals surface area contributed by atoms with E-state index < -0.39 is 5.97 Å². The third kappa shape index (κ3) is 6.11. The molecule has 27 heavy (non-hydrogen) atoms. The van der Waals surface area contributed by atoms with Gasteiger partial charge in [0.2, 0.25) is 0 Å². The molecule has 0 atom stereocenters. The van der Waals surface area contributed by atoms with E-state index in [0.29, 0.717) is 5.56 Å². The first kappa shape index (κ1) is 20.5. The lowest BCUT2D eigenvalue weighted by Crippen LogP contribution is -1.96. The molecule has 0 aliphatic heterocycles. The number of aliphatic carboxylic acids is 1. The zero-order valence-corrected chi connectivity index (χ0v) is 15.9. The second-order valence-electron chi connectivity index (χ2n) is 6.73. The summed E-state index contributed by atoms with van der Waals surface area (Å²) in [5, 5.41) is 18.7. The Balaban J connectivity index is 2.24.